The second kappa shape index (κ2) is 11.7. The number of likely N-dealkylation sites (N-methyl/N-ethyl adjacent to an activating group) is 1. The Balaban J connectivity index is 2.10. The molecule has 2 amide bonds. The molecular weight excluding hydrogens is 380 g/mol. The first-order chi connectivity index (χ1) is 13.9. The van der Waals surface area contributed by atoms with Crippen LogP contribution >= 0.6 is 11.8 Å². The fourth-order valence-electron chi connectivity index (χ4n) is 3.25. The van der Waals surface area contributed by atoms with Crippen LogP contribution in [-0.4, -0.2) is 35.1 Å². The molecule has 2 aromatic rings. The van der Waals surface area contributed by atoms with Crippen molar-refractivity contribution in [3.63, 3.8) is 0 Å². The molecule has 4 nitrogen and oxygen atoms in total. The Morgan fingerprint density at radius 1 is 1.03 bits per heavy atom. The molecule has 0 radical (unpaired) electrons. The van der Waals surface area contributed by atoms with E-state index in [4.69, 9.17) is 0 Å². The molecule has 0 aliphatic heterocycles. The number of thioether (sulfide) groups is 1. The van der Waals surface area contributed by atoms with Gasteiger partial charge in [0, 0.05) is 30.2 Å². The number of rotatable bonds is 10. The summed E-state index contributed by atoms with van der Waals surface area (Å²) in [7, 11) is 0. The summed E-state index contributed by atoms with van der Waals surface area (Å²) in [6.45, 7) is 8.96. The average Bonchev–Trinajstić information content (AvgIpc) is 2.69. The number of amides is 2. The van der Waals surface area contributed by atoms with Gasteiger partial charge in [-0.15, -0.1) is 11.8 Å². The van der Waals surface area contributed by atoms with Crippen molar-refractivity contribution in [2.45, 2.75) is 58.0 Å². The lowest BCUT2D eigenvalue weighted by Gasteiger charge is -2.30. The van der Waals surface area contributed by atoms with Gasteiger partial charge in [0.15, 0.2) is 0 Å². The minimum atomic E-state index is -0.452. The Kier molecular flexibility index (Phi) is 9.26. The van der Waals surface area contributed by atoms with Crippen LogP contribution in [-0.2, 0) is 16.1 Å². The highest BCUT2D eigenvalue weighted by atomic mass is 32.2. The van der Waals surface area contributed by atoms with E-state index in [0.717, 1.165) is 16.0 Å². The molecule has 0 aliphatic carbocycles. The number of nitrogens with zero attached hydrogens (tertiary/aromatic N) is 1. The largest absolute Gasteiger partial charge is 0.355 e. The first-order valence-corrected chi connectivity index (χ1v) is 11.2. The van der Waals surface area contributed by atoms with Crippen molar-refractivity contribution in [2.24, 2.45) is 0 Å². The molecule has 0 bridgehead atoms. The molecule has 29 heavy (non-hydrogen) atoms. The highest BCUT2D eigenvalue weighted by Gasteiger charge is 2.28. The van der Waals surface area contributed by atoms with E-state index in [1.807, 2.05) is 39.0 Å². The van der Waals surface area contributed by atoms with E-state index in [9.17, 15) is 9.59 Å². The molecule has 0 heterocycles. The lowest BCUT2D eigenvalue weighted by Crippen LogP contribution is -2.49. The maximum absolute atomic E-state index is 13.1. The number of hydrogen-bond acceptors (Lipinski definition) is 3. The van der Waals surface area contributed by atoms with E-state index in [-0.39, 0.29) is 11.8 Å². The Hall–Kier alpha value is -2.27. The van der Waals surface area contributed by atoms with Crippen molar-refractivity contribution >= 4 is 23.6 Å². The van der Waals surface area contributed by atoms with Gasteiger partial charge in [0.2, 0.25) is 11.8 Å². The van der Waals surface area contributed by atoms with Gasteiger partial charge in [-0.05, 0) is 44.9 Å². The number of benzene rings is 2. The Morgan fingerprint density at radius 3 is 2.38 bits per heavy atom. The summed E-state index contributed by atoms with van der Waals surface area (Å²) in [4.78, 5) is 28.6. The van der Waals surface area contributed by atoms with Crippen molar-refractivity contribution in [3.8, 4) is 0 Å². The lowest BCUT2D eigenvalue weighted by atomic mass is 10.1. The molecule has 1 atom stereocenters. The van der Waals surface area contributed by atoms with Gasteiger partial charge in [-0.25, -0.2) is 0 Å². The van der Waals surface area contributed by atoms with E-state index in [2.05, 4.69) is 42.6 Å². The van der Waals surface area contributed by atoms with Crippen LogP contribution in [0.25, 0.3) is 0 Å². The van der Waals surface area contributed by atoms with Crippen LogP contribution in [0.1, 0.15) is 43.4 Å². The van der Waals surface area contributed by atoms with Gasteiger partial charge < -0.3 is 10.2 Å². The molecule has 0 aliphatic rings. The average molecular weight is 413 g/mol. The van der Waals surface area contributed by atoms with Gasteiger partial charge in [-0.1, -0.05) is 54.4 Å². The van der Waals surface area contributed by atoms with Crippen LogP contribution in [0.4, 0.5) is 0 Å². The van der Waals surface area contributed by atoms with Crippen molar-refractivity contribution in [2.75, 3.05) is 12.3 Å². The van der Waals surface area contributed by atoms with E-state index >= 15 is 0 Å². The topological polar surface area (TPSA) is 49.4 Å². The maximum atomic E-state index is 13.1. The summed E-state index contributed by atoms with van der Waals surface area (Å²) in [5, 5.41) is 2.88. The zero-order valence-electron chi connectivity index (χ0n) is 17.9. The number of carbonyl (C=O) groups is 2. The molecule has 1 N–H and O–H groups in total. The third-order valence-electron chi connectivity index (χ3n) is 4.78. The second-order valence-electron chi connectivity index (χ2n) is 7.24. The minimum absolute atomic E-state index is 0.0178. The van der Waals surface area contributed by atoms with Crippen molar-refractivity contribution in [3.05, 3.63) is 65.2 Å². The van der Waals surface area contributed by atoms with E-state index in [1.165, 1.54) is 5.56 Å². The van der Waals surface area contributed by atoms with E-state index in [1.54, 1.807) is 16.7 Å². The van der Waals surface area contributed by atoms with Crippen molar-refractivity contribution in [1.82, 2.24) is 10.2 Å². The predicted molar refractivity (Wildman–Crippen MR) is 121 cm³/mol. The molecule has 2 rings (SSSR count). The summed E-state index contributed by atoms with van der Waals surface area (Å²) >= 11 is 1.67. The summed E-state index contributed by atoms with van der Waals surface area (Å²) in [6.07, 6.45) is 0.995. The second-order valence-corrected chi connectivity index (χ2v) is 8.41. The fourth-order valence-corrected chi connectivity index (χ4v) is 4.09. The molecule has 2 aromatic carbocycles. The van der Waals surface area contributed by atoms with E-state index in [0.29, 0.717) is 31.7 Å². The van der Waals surface area contributed by atoms with Gasteiger partial charge in [0.05, 0.1) is 0 Å². The molecule has 5 heteroatoms. The highest BCUT2D eigenvalue weighted by molar-refractivity contribution is 7.99. The number of aryl methyl sites for hydroxylation is 2. The SMILES string of the molecule is CCNC(=O)[C@@H](CC)N(Cc1cccc(C)c1)C(=O)CCSc1ccc(C)cc1. The molecule has 156 valence electrons. The van der Waals surface area contributed by atoms with Crippen LogP contribution < -0.4 is 5.32 Å². The first-order valence-electron chi connectivity index (χ1n) is 10.3. The van der Waals surface area contributed by atoms with Gasteiger partial charge >= 0.3 is 0 Å². The molecule has 0 saturated carbocycles. The molecular formula is C24H32N2O2S. The Morgan fingerprint density at radius 2 is 1.76 bits per heavy atom. The molecule has 0 saturated heterocycles. The highest BCUT2D eigenvalue weighted by Crippen LogP contribution is 2.21. The zero-order valence-corrected chi connectivity index (χ0v) is 18.7. The number of carbonyl (C=O) groups excluding carboxylic acids is 2. The fraction of sp³-hybridized carbons (Fsp3) is 0.417. The van der Waals surface area contributed by atoms with Crippen LogP contribution in [0.2, 0.25) is 0 Å². The van der Waals surface area contributed by atoms with E-state index < -0.39 is 6.04 Å². The van der Waals surface area contributed by atoms with Crippen molar-refractivity contribution in [1.29, 1.82) is 0 Å². The van der Waals surface area contributed by atoms with Crippen LogP contribution in [0, 0.1) is 13.8 Å². The smallest absolute Gasteiger partial charge is 0.242 e. The number of nitrogens with one attached hydrogen (secondary N) is 1. The summed E-state index contributed by atoms with van der Waals surface area (Å²) < 4.78 is 0. The quantitative estimate of drug-likeness (QED) is 0.574. The third-order valence-corrected chi connectivity index (χ3v) is 5.79. The van der Waals surface area contributed by atoms with Gasteiger partial charge in [0.25, 0.3) is 0 Å². The predicted octanol–water partition coefficient (Wildman–Crippen LogP) is 4.73. The first kappa shape index (κ1) is 23.0. The summed E-state index contributed by atoms with van der Waals surface area (Å²) in [5.74, 6) is 0.629. The van der Waals surface area contributed by atoms with Crippen LogP contribution in [0.3, 0.4) is 0 Å². The lowest BCUT2D eigenvalue weighted by molar-refractivity contribution is -0.141. The van der Waals surface area contributed by atoms with Gasteiger partial charge in [-0.2, -0.15) is 0 Å². The van der Waals surface area contributed by atoms with Gasteiger partial charge in [-0.3, -0.25) is 9.59 Å². The van der Waals surface area contributed by atoms with Crippen LogP contribution in [0.5, 0.6) is 0 Å². The monoisotopic (exact) mass is 412 g/mol. The molecule has 0 fully saturated rings. The Bertz CT molecular complexity index is 805. The molecule has 0 spiro atoms. The molecule has 0 aromatic heterocycles. The maximum Gasteiger partial charge on any atom is 0.242 e. The zero-order chi connectivity index (χ0) is 21.2. The number of hydrogen-bond donors (Lipinski definition) is 1. The third kappa shape index (κ3) is 7.24. The Labute approximate surface area is 179 Å². The summed E-state index contributed by atoms with van der Waals surface area (Å²) in [6, 6.07) is 16.0. The normalized spacial score (nSPS) is 11.7. The standard InChI is InChI=1S/C24H32N2O2S/c1-5-22(24(28)25-6-2)26(17-20-9-7-8-19(4)16-20)23(27)14-15-29-21-12-10-18(3)11-13-21/h7-13,16,22H,5-6,14-15,17H2,1-4H3,(H,25,28)/t22-/m1/s1. The molecule has 0 unspecified atom stereocenters. The minimum Gasteiger partial charge on any atom is -0.355 e. The van der Waals surface area contributed by atoms with Crippen molar-refractivity contribution < 1.29 is 9.59 Å². The van der Waals surface area contributed by atoms with Gasteiger partial charge in [0.1, 0.15) is 6.04 Å². The summed E-state index contributed by atoms with van der Waals surface area (Å²) in [5.41, 5.74) is 3.42. The van der Waals surface area contributed by atoms with Crippen LogP contribution in [0.15, 0.2) is 53.4 Å².